The Morgan fingerprint density at radius 3 is 2.29 bits per heavy atom. The van der Waals surface area contributed by atoms with Crippen LogP contribution in [0.1, 0.15) is 26.3 Å². The van der Waals surface area contributed by atoms with Crippen LogP contribution in [-0.4, -0.2) is 73.8 Å². The van der Waals surface area contributed by atoms with E-state index in [1.165, 1.54) is 6.07 Å². The number of anilines is 2. The lowest BCUT2D eigenvalue weighted by Crippen LogP contribution is -2.38. The van der Waals surface area contributed by atoms with Crippen LogP contribution in [0, 0.1) is 6.92 Å². The number of likely N-dealkylation sites (N-methyl/N-ethyl adjacent to an activating group) is 1. The van der Waals surface area contributed by atoms with Crippen molar-refractivity contribution in [2.75, 3.05) is 43.6 Å². The number of aliphatic carboxylic acids is 1. The number of carbonyl (C=O) groups excluding carboxylic acids is 1. The van der Waals surface area contributed by atoms with Gasteiger partial charge in [-0.3, -0.25) is 4.79 Å². The van der Waals surface area contributed by atoms with E-state index in [0.717, 1.165) is 5.56 Å². The summed E-state index contributed by atoms with van der Waals surface area (Å²) in [6.45, 7) is 3.96. The summed E-state index contributed by atoms with van der Waals surface area (Å²) in [6.07, 6.45) is -5.19. The summed E-state index contributed by atoms with van der Waals surface area (Å²) in [5, 5.41) is 19.5. The van der Waals surface area contributed by atoms with Gasteiger partial charge in [0, 0.05) is 24.8 Å². The van der Waals surface area contributed by atoms with Gasteiger partial charge in [0.1, 0.15) is 0 Å². The minimum atomic E-state index is -5.08. The fraction of sp³-hybridized carbons (Fsp3) is 0.348. The van der Waals surface area contributed by atoms with E-state index in [2.05, 4.69) is 5.32 Å². The van der Waals surface area contributed by atoms with E-state index in [1.54, 1.807) is 24.3 Å². The number of hydrogen-bond donors (Lipinski definition) is 3. The zero-order valence-corrected chi connectivity index (χ0v) is 19.0. The van der Waals surface area contributed by atoms with Crippen molar-refractivity contribution in [2.24, 2.45) is 0 Å². The van der Waals surface area contributed by atoms with Crippen LogP contribution in [0.3, 0.4) is 0 Å². The van der Waals surface area contributed by atoms with E-state index in [9.17, 15) is 27.9 Å². The standard InChI is InChI=1S/C21H24N2O5.C2HF3O2/c1-14-5-3-4-6-17(14)20(24)22-15-7-8-19(18(11-15)21(25)26)23(2)12-16-13-27-9-10-28-16;3-2(4,5)1(6)7/h3-8,11,16H,9-10,12-13H2,1-2H3,(H,22,24)(H,25,26);(H,6,7). The molecule has 3 N–H and O–H groups in total. The molecule has 1 aliphatic rings. The van der Waals surface area contributed by atoms with E-state index in [4.69, 9.17) is 19.4 Å². The van der Waals surface area contributed by atoms with Crippen LogP contribution in [0.4, 0.5) is 24.5 Å². The molecule has 1 saturated heterocycles. The SMILES string of the molecule is Cc1ccccc1C(=O)Nc1ccc(N(C)CC2COCCO2)c(C(=O)O)c1.O=C(O)C(F)(F)F. The van der Waals surface area contributed by atoms with Crippen molar-refractivity contribution in [3.63, 3.8) is 0 Å². The summed E-state index contributed by atoms with van der Waals surface area (Å²) in [6, 6.07) is 12.1. The molecular formula is C23H25F3N2O7. The Hall–Kier alpha value is -3.64. The summed E-state index contributed by atoms with van der Waals surface area (Å²) in [4.78, 5) is 35.0. The van der Waals surface area contributed by atoms with E-state index in [1.807, 2.05) is 31.0 Å². The molecule has 190 valence electrons. The second-order valence-electron chi connectivity index (χ2n) is 7.56. The number of carboxylic acid groups (broad SMARTS) is 2. The smallest absolute Gasteiger partial charge is 0.478 e. The molecule has 1 aliphatic heterocycles. The number of ether oxygens (including phenoxy) is 2. The van der Waals surface area contributed by atoms with Crippen molar-refractivity contribution in [3.05, 3.63) is 59.2 Å². The summed E-state index contributed by atoms with van der Waals surface area (Å²) >= 11 is 0. The predicted octanol–water partition coefficient (Wildman–Crippen LogP) is 3.43. The number of amides is 1. The van der Waals surface area contributed by atoms with Gasteiger partial charge in [-0.05, 0) is 36.8 Å². The average Bonchev–Trinajstić information content (AvgIpc) is 2.79. The number of carboxylic acids is 2. The van der Waals surface area contributed by atoms with Crippen molar-refractivity contribution < 1.29 is 47.2 Å². The van der Waals surface area contributed by atoms with Gasteiger partial charge in [0.15, 0.2) is 0 Å². The monoisotopic (exact) mass is 498 g/mol. The first kappa shape index (κ1) is 27.6. The van der Waals surface area contributed by atoms with Crippen LogP contribution >= 0.6 is 0 Å². The maximum atomic E-state index is 12.5. The second-order valence-corrected chi connectivity index (χ2v) is 7.56. The van der Waals surface area contributed by atoms with Gasteiger partial charge in [-0.2, -0.15) is 13.2 Å². The lowest BCUT2D eigenvalue weighted by atomic mass is 10.1. The molecule has 1 heterocycles. The summed E-state index contributed by atoms with van der Waals surface area (Å²) in [7, 11) is 1.81. The van der Waals surface area contributed by atoms with Gasteiger partial charge in [-0.1, -0.05) is 18.2 Å². The number of nitrogens with zero attached hydrogens (tertiary/aromatic N) is 1. The fourth-order valence-electron chi connectivity index (χ4n) is 3.19. The molecule has 3 rings (SSSR count). The molecule has 1 fully saturated rings. The third-order valence-corrected chi connectivity index (χ3v) is 4.89. The molecule has 0 bridgehead atoms. The highest BCUT2D eigenvalue weighted by Crippen LogP contribution is 2.25. The van der Waals surface area contributed by atoms with Crippen molar-refractivity contribution in [2.45, 2.75) is 19.2 Å². The Balaban J connectivity index is 0.000000540. The van der Waals surface area contributed by atoms with Crippen LogP contribution in [-0.2, 0) is 14.3 Å². The maximum Gasteiger partial charge on any atom is 0.490 e. The topological polar surface area (TPSA) is 125 Å². The summed E-state index contributed by atoms with van der Waals surface area (Å²) < 4.78 is 42.8. The van der Waals surface area contributed by atoms with E-state index in [0.29, 0.717) is 43.3 Å². The van der Waals surface area contributed by atoms with Gasteiger partial charge >= 0.3 is 18.1 Å². The molecule has 12 heteroatoms. The highest BCUT2D eigenvalue weighted by molar-refractivity contribution is 6.06. The number of rotatable bonds is 6. The average molecular weight is 498 g/mol. The summed E-state index contributed by atoms with van der Waals surface area (Å²) in [5.74, 6) is -4.09. The minimum Gasteiger partial charge on any atom is -0.478 e. The van der Waals surface area contributed by atoms with Gasteiger partial charge in [0.25, 0.3) is 5.91 Å². The van der Waals surface area contributed by atoms with Gasteiger partial charge in [0.05, 0.1) is 37.2 Å². The Labute approximate surface area is 199 Å². The third-order valence-electron chi connectivity index (χ3n) is 4.89. The fourth-order valence-corrected chi connectivity index (χ4v) is 3.19. The van der Waals surface area contributed by atoms with Gasteiger partial charge in [-0.15, -0.1) is 0 Å². The third kappa shape index (κ3) is 8.26. The van der Waals surface area contributed by atoms with Crippen LogP contribution in [0.15, 0.2) is 42.5 Å². The quantitative estimate of drug-likeness (QED) is 0.553. The highest BCUT2D eigenvalue weighted by Gasteiger charge is 2.38. The lowest BCUT2D eigenvalue weighted by Gasteiger charge is -2.29. The number of alkyl halides is 3. The Morgan fingerprint density at radius 2 is 1.74 bits per heavy atom. The molecule has 2 aromatic carbocycles. The normalized spacial score (nSPS) is 15.4. The zero-order valence-electron chi connectivity index (χ0n) is 19.0. The van der Waals surface area contributed by atoms with Crippen molar-refractivity contribution in [3.8, 4) is 0 Å². The molecule has 2 aromatic rings. The number of aromatic carboxylic acids is 1. The first-order valence-electron chi connectivity index (χ1n) is 10.3. The molecule has 1 amide bonds. The summed E-state index contributed by atoms with van der Waals surface area (Å²) in [5.41, 5.74) is 2.50. The van der Waals surface area contributed by atoms with Crippen LogP contribution in [0.5, 0.6) is 0 Å². The van der Waals surface area contributed by atoms with E-state index < -0.39 is 18.1 Å². The van der Waals surface area contributed by atoms with E-state index in [-0.39, 0.29) is 17.6 Å². The van der Waals surface area contributed by atoms with Crippen molar-refractivity contribution in [1.29, 1.82) is 0 Å². The van der Waals surface area contributed by atoms with E-state index >= 15 is 0 Å². The number of carbonyl (C=O) groups is 3. The Kier molecular flexibility index (Phi) is 9.60. The van der Waals surface area contributed by atoms with Crippen LogP contribution < -0.4 is 10.2 Å². The predicted molar refractivity (Wildman–Crippen MR) is 120 cm³/mol. The number of halogens is 3. The Morgan fingerprint density at radius 1 is 1.09 bits per heavy atom. The van der Waals surface area contributed by atoms with Crippen molar-refractivity contribution >= 4 is 29.2 Å². The first-order valence-corrected chi connectivity index (χ1v) is 10.3. The van der Waals surface area contributed by atoms with Gasteiger partial charge in [-0.25, -0.2) is 9.59 Å². The molecule has 1 atom stereocenters. The second kappa shape index (κ2) is 12.2. The molecule has 0 radical (unpaired) electrons. The van der Waals surface area contributed by atoms with Gasteiger partial charge in [0.2, 0.25) is 0 Å². The zero-order chi connectivity index (χ0) is 26.2. The van der Waals surface area contributed by atoms with Crippen LogP contribution in [0.25, 0.3) is 0 Å². The highest BCUT2D eigenvalue weighted by atomic mass is 19.4. The molecule has 0 spiro atoms. The minimum absolute atomic E-state index is 0.110. The molecule has 35 heavy (non-hydrogen) atoms. The van der Waals surface area contributed by atoms with Gasteiger partial charge < -0.3 is 29.9 Å². The molecule has 1 unspecified atom stereocenters. The number of benzene rings is 2. The number of nitrogens with one attached hydrogen (secondary N) is 1. The molecular weight excluding hydrogens is 473 g/mol. The molecule has 9 nitrogen and oxygen atoms in total. The maximum absolute atomic E-state index is 12.5. The van der Waals surface area contributed by atoms with Crippen LogP contribution in [0.2, 0.25) is 0 Å². The first-order chi connectivity index (χ1) is 16.4. The van der Waals surface area contributed by atoms with Crippen molar-refractivity contribution in [1.82, 2.24) is 0 Å². The lowest BCUT2D eigenvalue weighted by molar-refractivity contribution is -0.192. The molecule has 0 aromatic heterocycles. The number of aryl methyl sites for hydroxylation is 1. The Bertz CT molecular complexity index is 1050. The molecule has 0 saturated carbocycles. The number of hydrogen-bond acceptors (Lipinski definition) is 6. The molecule has 0 aliphatic carbocycles. The largest absolute Gasteiger partial charge is 0.490 e.